The van der Waals surface area contributed by atoms with E-state index < -0.39 is 0 Å². The molecule has 124 valence electrons. The molecule has 24 heavy (non-hydrogen) atoms. The van der Waals surface area contributed by atoms with E-state index in [4.69, 9.17) is 16.8 Å². The summed E-state index contributed by atoms with van der Waals surface area (Å²) in [4.78, 5) is 5.25. The Kier molecular flexibility index (Phi) is 6.43. The van der Waals surface area contributed by atoms with Crippen molar-refractivity contribution in [2.75, 3.05) is 31.2 Å². The van der Waals surface area contributed by atoms with Crippen LogP contribution in [0.5, 0.6) is 0 Å². The molecule has 0 bridgehead atoms. The summed E-state index contributed by atoms with van der Waals surface area (Å²) in [5, 5.41) is 26.7. The molecule has 2 aromatic carbocycles. The Morgan fingerprint density at radius 3 is 2.21 bits per heavy atom. The van der Waals surface area contributed by atoms with Crippen molar-refractivity contribution in [3.63, 3.8) is 0 Å². The molecule has 0 saturated carbocycles. The van der Waals surface area contributed by atoms with Crippen molar-refractivity contribution in [2.45, 2.75) is 6.92 Å². The van der Waals surface area contributed by atoms with Crippen LogP contribution in [0.25, 0.3) is 4.85 Å². The third-order valence-corrected chi connectivity index (χ3v) is 3.54. The molecule has 0 aliphatic carbocycles. The SMILES string of the molecule is [C-]#[N+]c1ccc(N=Nc2ccc(N(CCO)CCO)cc2C)cc1. The average molecular weight is 324 g/mol. The zero-order valence-electron chi connectivity index (χ0n) is 13.6. The molecule has 2 N–H and O–H groups in total. The number of aliphatic hydroxyl groups is 2. The van der Waals surface area contributed by atoms with Gasteiger partial charge in [0.05, 0.1) is 31.2 Å². The monoisotopic (exact) mass is 324 g/mol. The predicted octanol–water partition coefficient (Wildman–Crippen LogP) is 3.75. The van der Waals surface area contributed by atoms with E-state index in [1.54, 1.807) is 24.3 Å². The van der Waals surface area contributed by atoms with Gasteiger partial charge in [0.1, 0.15) is 0 Å². The summed E-state index contributed by atoms with van der Waals surface area (Å²) in [6.45, 7) is 9.86. The van der Waals surface area contributed by atoms with E-state index in [1.807, 2.05) is 30.0 Å². The van der Waals surface area contributed by atoms with Crippen LogP contribution in [0.15, 0.2) is 52.7 Å². The van der Waals surface area contributed by atoms with Gasteiger partial charge in [0.25, 0.3) is 0 Å². The molecule has 0 aliphatic heterocycles. The maximum absolute atomic E-state index is 9.12. The van der Waals surface area contributed by atoms with Crippen LogP contribution < -0.4 is 4.90 Å². The third-order valence-electron chi connectivity index (χ3n) is 3.54. The highest BCUT2D eigenvalue weighted by atomic mass is 16.3. The second kappa shape index (κ2) is 8.77. The fraction of sp³-hybridized carbons (Fsp3) is 0.278. The molecule has 0 spiro atoms. The molecule has 6 heteroatoms. The highest BCUT2D eigenvalue weighted by Crippen LogP contribution is 2.27. The van der Waals surface area contributed by atoms with Gasteiger partial charge in [-0.15, -0.1) is 0 Å². The molecule has 2 aromatic rings. The predicted molar refractivity (Wildman–Crippen MR) is 94.4 cm³/mol. The smallest absolute Gasteiger partial charge is 0.187 e. The fourth-order valence-electron chi connectivity index (χ4n) is 2.27. The molecule has 0 atom stereocenters. The molecule has 6 nitrogen and oxygen atoms in total. The van der Waals surface area contributed by atoms with Crippen LogP contribution in [0.3, 0.4) is 0 Å². The van der Waals surface area contributed by atoms with Crippen LogP contribution in [-0.4, -0.2) is 36.5 Å². The second-order valence-electron chi connectivity index (χ2n) is 5.23. The fourth-order valence-corrected chi connectivity index (χ4v) is 2.27. The summed E-state index contributed by atoms with van der Waals surface area (Å²) >= 11 is 0. The van der Waals surface area contributed by atoms with Gasteiger partial charge in [-0.1, -0.05) is 12.1 Å². The number of hydrogen-bond donors (Lipinski definition) is 2. The van der Waals surface area contributed by atoms with E-state index in [1.165, 1.54) is 0 Å². The summed E-state index contributed by atoms with van der Waals surface area (Å²) in [6.07, 6.45) is 0. The van der Waals surface area contributed by atoms with Gasteiger partial charge in [-0.05, 0) is 42.8 Å². The standard InChI is InChI=1S/C18H20N4O2/c1-14-13-17(22(9-11-23)10-12-24)7-8-18(14)21-20-16-5-3-15(19-2)4-6-16/h3-8,13,23-24H,9-12H2,1H3. The van der Waals surface area contributed by atoms with E-state index in [0.29, 0.717) is 24.5 Å². The molecule has 2 rings (SSSR count). The lowest BCUT2D eigenvalue weighted by molar-refractivity contribution is 0.281. The highest BCUT2D eigenvalue weighted by molar-refractivity contribution is 5.58. The van der Waals surface area contributed by atoms with Gasteiger partial charge >= 0.3 is 0 Å². The summed E-state index contributed by atoms with van der Waals surface area (Å²) in [5.41, 5.74) is 3.89. The average Bonchev–Trinajstić information content (AvgIpc) is 2.61. The van der Waals surface area contributed by atoms with Crippen molar-refractivity contribution in [2.24, 2.45) is 10.2 Å². The van der Waals surface area contributed by atoms with E-state index in [9.17, 15) is 0 Å². The van der Waals surface area contributed by atoms with Crippen molar-refractivity contribution >= 4 is 22.7 Å². The van der Waals surface area contributed by atoms with E-state index >= 15 is 0 Å². The Morgan fingerprint density at radius 2 is 1.67 bits per heavy atom. The molecule has 0 aromatic heterocycles. The molecule has 0 heterocycles. The summed E-state index contributed by atoms with van der Waals surface area (Å²) in [6, 6.07) is 12.6. The lowest BCUT2D eigenvalue weighted by Gasteiger charge is -2.23. The van der Waals surface area contributed by atoms with Gasteiger partial charge in [-0.2, -0.15) is 10.2 Å². The van der Waals surface area contributed by atoms with Gasteiger partial charge in [-0.3, -0.25) is 0 Å². The maximum Gasteiger partial charge on any atom is 0.187 e. The van der Waals surface area contributed by atoms with Crippen LogP contribution in [0.1, 0.15) is 5.56 Å². The first-order valence-electron chi connectivity index (χ1n) is 7.64. The number of benzene rings is 2. The van der Waals surface area contributed by atoms with Gasteiger partial charge in [0.2, 0.25) is 0 Å². The Hall–Kier alpha value is -2.75. The second-order valence-corrected chi connectivity index (χ2v) is 5.23. The zero-order chi connectivity index (χ0) is 17.4. The quantitative estimate of drug-likeness (QED) is 0.602. The first-order valence-corrected chi connectivity index (χ1v) is 7.64. The largest absolute Gasteiger partial charge is 0.395 e. The number of rotatable bonds is 7. The lowest BCUT2D eigenvalue weighted by Crippen LogP contribution is -2.29. The molecule has 0 unspecified atom stereocenters. The van der Waals surface area contributed by atoms with Crippen LogP contribution in [-0.2, 0) is 0 Å². The van der Waals surface area contributed by atoms with Crippen molar-refractivity contribution < 1.29 is 10.2 Å². The lowest BCUT2D eigenvalue weighted by atomic mass is 10.1. The first-order chi connectivity index (χ1) is 11.7. The summed E-state index contributed by atoms with van der Waals surface area (Å²) < 4.78 is 0. The Balaban J connectivity index is 2.16. The van der Waals surface area contributed by atoms with Crippen LogP contribution in [0, 0.1) is 13.5 Å². The van der Waals surface area contributed by atoms with Gasteiger partial charge in [-0.25, -0.2) is 4.85 Å². The maximum atomic E-state index is 9.12. The van der Waals surface area contributed by atoms with Gasteiger partial charge < -0.3 is 15.1 Å². The normalized spacial score (nSPS) is 10.8. The number of azo groups is 1. The number of hydrogen-bond acceptors (Lipinski definition) is 5. The summed E-state index contributed by atoms with van der Waals surface area (Å²) in [7, 11) is 0. The number of aryl methyl sites for hydroxylation is 1. The van der Waals surface area contributed by atoms with E-state index in [-0.39, 0.29) is 13.2 Å². The van der Waals surface area contributed by atoms with Crippen LogP contribution in [0.2, 0.25) is 0 Å². The van der Waals surface area contributed by atoms with Crippen LogP contribution in [0.4, 0.5) is 22.7 Å². The zero-order valence-corrected chi connectivity index (χ0v) is 13.6. The topological polar surface area (TPSA) is 72.8 Å². The van der Waals surface area contributed by atoms with Crippen LogP contribution >= 0.6 is 0 Å². The third kappa shape index (κ3) is 4.62. The van der Waals surface area contributed by atoms with Gasteiger partial charge in [0, 0.05) is 18.8 Å². The molecule has 0 amide bonds. The molecule has 0 radical (unpaired) electrons. The molecule has 0 saturated heterocycles. The Bertz CT molecular complexity index is 730. The number of nitrogens with zero attached hydrogens (tertiary/aromatic N) is 4. The minimum Gasteiger partial charge on any atom is -0.395 e. The first kappa shape index (κ1) is 17.6. The molecule has 0 aliphatic rings. The van der Waals surface area contributed by atoms with Gasteiger partial charge in [0.15, 0.2) is 5.69 Å². The Morgan fingerprint density at radius 1 is 1.00 bits per heavy atom. The minimum atomic E-state index is 0.0289. The number of anilines is 1. The van der Waals surface area contributed by atoms with E-state index in [0.717, 1.165) is 16.9 Å². The van der Waals surface area contributed by atoms with Crippen molar-refractivity contribution in [1.29, 1.82) is 0 Å². The highest BCUT2D eigenvalue weighted by Gasteiger charge is 2.07. The Labute approximate surface area is 141 Å². The van der Waals surface area contributed by atoms with Crippen molar-refractivity contribution in [1.82, 2.24) is 0 Å². The summed E-state index contributed by atoms with van der Waals surface area (Å²) in [5.74, 6) is 0. The molecular weight excluding hydrogens is 304 g/mol. The van der Waals surface area contributed by atoms with E-state index in [2.05, 4.69) is 15.1 Å². The van der Waals surface area contributed by atoms with Crippen molar-refractivity contribution in [3.05, 3.63) is 59.4 Å². The van der Waals surface area contributed by atoms with Crippen molar-refractivity contribution in [3.8, 4) is 0 Å². The number of aliphatic hydroxyl groups excluding tert-OH is 2. The molecular formula is C18H20N4O2. The molecule has 0 fully saturated rings. The minimum absolute atomic E-state index is 0.0289.